The summed E-state index contributed by atoms with van der Waals surface area (Å²) in [6.45, 7) is 7.25. The van der Waals surface area contributed by atoms with Gasteiger partial charge in [0.05, 0.1) is 20.8 Å². The molecule has 5 heteroatoms. The lowest BCUT2D eigenvalue weighted by atomic mass is 10.1. The first-order chi connectivity index (χ1) is 13.1. The van der Waals surface area contributed by atoms with Crippen molar-refractivity contribution >= 4 is 0 Å². The van der Waals surface area contributed by atoms with E-state index in [0.29, 0.717) is 6.04 Å². The number of nitrogens with zero attached hydrogens (tertiary/aromatic N) is 2. The Morgan fingerprint density at radius 1 is 1.00 bits per heavy atom. The van der Waals surface area contributed by atoms with E-state index in [1.807, 2.05) is 18.2 Å². The van der Waals surface area contributed by atoms with Crippen molar-refractivity contribution in [1.82, 2.24) is 9.80 Å². The maximum Gasteiger partial charge on any atom is 0.124 e. The topological polar surface area (TPSA) is 45.2 Å². The van der Waals surface area contributed by atoms with E-state index in [-0.39, 0.29) is 6.61 Å². The summed E-state index contributed by atoms with van der Waals surface area (Å²) in [5, 5.41) is 9.53. The first-order valence-electron chi connectivity index (χ1n) is 9.49. The van der Waals surface area contributed by atoms with Gasteiger partial charge in [0.2, 0.25) is 0 Å². The van der Waals surface area contributed by atoms with E-state index in [1.54, 1.807) is 14.2 Å². The van der Waals surface area contributed by atoms with Gasteiger partial charge < -0.3 is 14.6 Å². The van der Waals surface area contributed by atoms with Crippen molar-refractivity contribution in [2.45, 2.75) is 32.7 Å². The van der Waals surface area contributed by atoms with Crippen LogP contribution in [0.15, 0.2) is 42.5 Å². The minimum Gasteiger partial charge on any atom is -0.497 e. The van der Waals surface area contributed by atoms with Crippen LogP contribution in [0.2, 0.25) is 0 Å². The molecule has 146 valence electrons. The average Bonchev–Trinajstić information content (AvgIpc) is 2.70. The maximum atomic E-state index is 9.53. The fourth-order valence-corrected chi connectivity index (χ4v) is 3.77. The second-order valence-corrected chi connectivity index (χ2v) is 7.21. The smallest absolute Gasteiger partial charge is 0.124 e. The van der Waals surface area contributed by atoms with Crippen LogP contribution >= 0.6 is 0 Å². The standard InChI is InChI=1S/C22H30N2O3/c1-17-13-23(14-18-5-4-6-21(12-18)26-2)9-10-24(17)15-19-7-8-22(27-3)20(11-19)16-25/h4-8,11-12,17,25H,9-10,13-16H2,1-3H3/t17-/m0/s1. The molecule has 1 atom stereocenters. The molecular formula is C22H30N2O3. The quantitative estimate of drug-likeness (QED) is 0.812. The highest BCUT2D eigenvalue weighted by atomic mass is 16.5. The van der Waals surface area contributed by atoms with Gasteiger partial charge in [0.15, 0.2) is 0 Å². The van der Waals surface area contributed by atoms with Crippen LogP contribution in [0.5, 0.6) is 11.5 Å². The lowest BCUT2D eigenvalue weighted by Gasteiger charge is -2.40. The molecule has 0 spiro atoms. The van der Waals surface area contributed by atoms with Crippen LogP contribution in [-0.4, -0.2) is 54.8 Å². The molecular weight excluding hydrogens is 340 g/mol. The third-order valence-corrected chi connectivity index (χ3v) is 5.29. The Labute approximate surface area is 162 Å². The van der Waals surface area contributed by atoms with Crippen molar-refractivity contribution in [2.24, 2.45) is 0 Å². The molecule has 1 heterocycles. The number of methoxy groups -OCH3 is 2. The molecule has 0 aliphatic carbocycles. The summed E-state index contributed by atoms with van der Waals surface area (Å²) >= 11 is 0. The Morgan fingerprint density at radius 3 is 2.52 bits per heavy atom. The molecule has 1 saturated heterocycles. The van der Waals surface area contributed by atoms with Gasteiger partial charge in [0.25, 0.3) is 0 Å². The molecule has 3 rings (SSSR count). The lowest BCUT2D eigenvalue weighted by molar-refractivity contribution is 0.0732. The van der Waals surface area contributed by atoms with Gasteiger partial charge in [0.1, 0.15) is 11.5 Å². The Hall–Kier alpha value is -2.08. The number of hydrogen-bond donors (Lipinski definition) is 1. The third-order valence-electron chi connectivity index (χ3n) is 5.29. The number of benzene rings is 2. The van der Waals surface area contributed by atoms with Gasteiger partial charge in [-0.25, -0.2) is 0 Å². The van der Waals surface area contributed by atoms with E-state index in [1.165, 1.54) is 11.1 Å². The van der Waals surface area contributed by atoms with E-state index in [4.69, 9.17) is 9.47 Å². The van der Waals surface area contributed by atoms with E-state index >= 15 is 0 Å². The van der Waals surface area contributed by atoms with E-state index < -0.39 is 0 Å². The Bertz CT molecular complexity index is 750. The number of aliphatic hydroxyl groups is 1. The van der Waals surface area contributed by atoms with Gasteiger partial charge in [-0.05, 0) is 42.3 Å². The zero-order valence-corrected chi connectivity index (χ0v) is 16.5. The molecule has 0 aromatic heterocycles. The average molecular weight is 370 g/mol. The molecule has 1 aliphatic rings. The van der Waals surface area contributed by atoms with Crippen LogP contribution in [0, 0.1) is 0 Å². The molecule has 2 aromatic carbocycles. The summed E-state index contributed by atoms with van der Waals surface area (Å²) in [6.07, 6.45) is 0. The van der Waals surface area contributed by atoms with Gasteiger partial charge in [-0.3, -0.25) is 9.80 Å². The highest BCUT2D eigenvalue weighted by molar-refractivity contribution is 5.37. The monoisotopic (exact) mass is 370 g/mol. The second-order valence-electron chi connectivity index (χ2n) is 7.21. The molecule has 5 nitrogen and oxygen atoms in total. The minimum absolute atomic E-state index is 0.000876. The number of aliphatic hydroxyl groups excluding tert-OH is 1. The number of hydrogen-bond acceptors (Lipinski definition) is 5. The first-order valence-corrected chi connectivity index (χ1v) is 9.49. The fourth-order valence-electron chi connectivity index (χ4n) is 3.77. The predicted molar refractivity (Wildman–Crippen MR) is 107 cm³/mol. The molecule has 0 amide bonds. The summed E-state index contributed by atoms with van der Waals surface area (Å²) < 4.78 is 10.6. The van der Waals surface area contributed by atoms with Crippen molar-refractivity contribution in [3.63, 3.8) is 0 Å². The predicted octanol–water partition coefficient (Wildman–Crippen LogP) is 2.90. The fraction of sp³-hybridized carbons (Fsp3) is 0.455. The summed E-state index contributed by atoms with van der Waals surface area (Å²) in [6, 6.07) is 14.9. The van der Waals surface area contributed by atoms with Crippen LogP contribution in [-0.2, 0) is 19.7 Å². The van der Waals surface area contributed by atoms with Crippen LogP contribution in [0.4, 0.5) is 0 Å². The summed E-state index contributed by atoms with van der Waals surface area (Å²) in [4.78, 5) is 5.01. The highest BCUT2D eigenvalue weighted by Gasteiger charge is 2.24. The molecule has 2 aromatic rings. The number of piperazine rings is 1. The largest absolute Gasteiger partial charge is 0.497 e. The van der Waals surface area contributed by atoms with Crippen molar-refractivity contribution in [3.8, 4) is 11.5 Å². The number of rotatable bonds is 7. The molecule has 0 radical (unpaired) electrons. The van der Waals surface area contributed by atoms with Crippen LogP contribution in [0.25, 0.3) is 0 Å². The van der Waals surface area contributed by atoms with E-state index in [2.05, 4.69) is 41.0 Å². The molecule has 1 fully saturated rings. The zero-order chi connectivity index (χ0) is 19.2. The number of ether oxygens (including phenoxy) is 2. The zero-order valence-electron chi connectivity index (χ0n) is 16.5. The van der Waals surface area contributed by atoms with Gasteiger partial charge in [0, 0.05) is 44.3 Å². The molecule has 1 N–H and O–H groups in total. The maximum absolute atomic E-state index is 9.53. The van der Waals surface area contributed by atoms with E-state index in [9.17, 15) is 5.11 Å². The molecule has 1 aliphatic heterocycles. The normalized spacial score (nSPS) is 18.4. The van der Waals surface area contributed by atoms with Crippen LogP contribution in [0.3, 0.4) is 0 Å². The molecule has 0 unspecified atom stereocenters. The van der Waals surface area contributed by atoms with E-state index in [0.717, 1.165) is 49.8 Å². The van der Waals surface area contributed by atoms with Crippen LogP contribution in [0.1, 0.15) is 23.6 Å². The third kappa shape index (κ3) is 5.01. The minimum atomic E-state index is 0.000876. The van der Waals surface area contributed by atoms with Gasteiger partial charge in [-0.15, -0.1) is 0 Å². The Kier molecular flexibility index (Phi) is 6.72. The SMILES string of the molecule is COc1cccc(CN2CCN(Cc3ccc(OC)c(CO)c3)[C@@H](C)C2)c1. The molecule has 0 bridgehead atoms. The summed E-state index contributed by atoms with van der Waals surface area (Å²) in [5.41, 5.74) is 3.35. The summed E-state index contributed by atoms with van der Waals surface area (Å²) in [5.74, 6) is 1.66. The molecule has 27 heavy (non-hydrogen) atoms. The second kappa shape index (κ2) is 9.22. The van der Waals surface area contributed by atoms with Crippen LogP contribution < -0.4 is 9.47 Å². The van der Waals surface area contributed by atoms with Crippen molar-refractivity contribution in [3.05, 3.63) is 59.2 Å². The van der Waals surface area contributed by atoms with Gasteiger partial charge in [-0.1, -0.05) is 18.2 Å². The van der Waals surface area contributed by atoms with Crippen molar-refractivity contribution in [2.75, 3.05) is 33.9 Å². The first kappa shape index (κ1) is 19.7. The molecule has 0 saturated carbocycles. The van der Waals surface area contributed by atoms with Crippen molar-refractivity contribution < 1.29 is 14.6 Å². The summed E-state index contributed by atoms with van der Waals surface area (Å²) in [7, 11) is 3.35. The van der Waals surface area contributed by atoms with Gasteiger partial charge in [-0.2, -0.15) is 0 Å². The Morgan fingerprint density at radius 2 is 1.81 bits per heavy atom. The highest BCUT2D eigenvalue weighted by Crippen LogP contribution is 2.23. The lowest BCUT2D eigenvalue weighted by Crippen LogP contribution is -2.50. The Balaban J connectivity index is 1.58. The van der Waals surface area contributed by atoms with Gasteiger partial charge >= 0.3 is 0 Å². The van der Waals surface area contributed by atoms with Crippen molar-refractivity contribution in [1.29, 1.82) is 0 Å².